The first-order chi connectivity index (χ1) is 12.5. The van der Waals surface area contributed by atoms with Crippen LogP contribution in [0.5, 0.6) is 0 Å². The summed E-state index contributed by atoms with van der Waals surface area (Å²) in [6, 6.07) is 13.6. The number of nitrogens with zero attached hydrogens (tertiary/aromatic N) is 2. The smallest absolute Gasteiger partial charge is 0.194 e. The van der Waals surface area contributed by atoms with E-state index in [4.69, 9.17) is 0 Å². The van der Waals surface area contributed by atoms with Crippen molar-refractivity contribution >= 4 is 11.5 Å². The molecule has 0 aromatic heterocycles. The summed E-state index contributed by atoms with van der Waals surface area (Å²) in [6.07, 6.45) is 1.17. The Bertz CT molecular complexity index is 890. The van der Waals surface area contributed by atoms with E-state index in [-0.39, 0.29) is 5.78 Å². The van der Waals surface area contributed by atoms with Gasteiger partial charge in [0.15, 0.2) is 5.78 Å². The van der Waals surface area contributed by atoms with Crippen LogP contribution in [-0.2, 0) is 0 Å². The van der Waals surface area contributed by atoms with Gasteiger partial charge in [-0.3, -0.25) is 4.79 Å². The quantitative estimate of drug-likeness (QED) is 0.773. The maximum absolute atomic E-state index is 13.0. The van der Waals surface area contributed by atoms with E-state index in [0.717, 1.165) is 40.4 Å². The maximum Gasteiger partial charge on any atom is 0.194 e. The molecule has 2 fully saturated rings. The predicted octanol–water partition coefficient (Wildman–Crippen LogP) is 2.93. The number of carbonyl (C=O) groups excluding carboxylic acids is 1. The molecule has 2 aromatic rings. The van der Waals surface area contributed by atoms with Gasteiger partial charge in [-0.05, 0) is 54.3 Å². The summed E-state index contributed by atoms with van der Waals surface area (Å²) in [5.74, 6) is 0.896. The van der Waals surface area contributed by atoms with E-state index in [1.54, 1.807) is 0 Å². The molecule has 3 unspecified atom stereocenters. The molecular weight excluding hydrogens is 322 g/mol. The van der Waals surface area contributed by atoms with Gasteiger partial charge >= 0.3 is 0 Å². The molecule has 2 heterocycles. The molecule has 1 N–H and O–H groups in total. The Morgan fingerprint density at radius 2 is 1.73 bits per heavy atom. The molecule has 26 heavy (non-hydrogen) atoms. The fraction of sp³-hybridized carbons (Fsp3) is 0.409. The van der Waals surface area contributed by atoms with E-state index in [0.29, 0.717) is 12.1 Å². The van der Waals surface area contributed by atoms with Gasteiger partial charge in [0.2, 0.25) is 0 Å². The predicted molar refractivity (Wildman–Crippen MR) is 105 cm³/mol. The van der Waals surface area contributed by atoms with Crippen molar-refractivity contribution in [3.63, 3.8) is 0 Å². The molecule has 134 valence electrons. The van der Waals surface area contributed by atoms with E-state index in [2.05, 4.69) is 47.6 Å². The van der Waals surface area contributed by atoms with Gasteiger partial charge in [-0.1, -0.05) is 18.2 Å². The maximum atomic E-state index is 13.0. The monoisotopic (exact) mass is 347 g/mol. The molecular formula is C22H25N3O. The van der Waals surface area contributed by atoms with Gasteiger partial charge in [-0.15, -0.1) is 0 Å². The molecule has 3 atom stereocenters. The molecule has 4 heteroatoms. The fourth-order valence-electron chi connectivity index (χ4n) is 4.96. The summed E-state index contributed by atoms with van der Waals surface area (Å²) in [5, 5.41) is 3.79. The number of carbonyl (C=O) groups is 1. The Kier molecular flexibility index (Phi) is 3.49. The highest BCUT2D eigenvalue weighted by molar-refractivity contribution is 6.22. The van der Waals surface area contributed by atoms with Gasteiger partial charge in [-0.2, -0.15) is 0 Å². The third-order valence-electron chi connectivity index (χ3n) is 6.32. The van der Waals surface area contributed by atoms with Crippen molar-refractivity contribution in [3.8, 4) is 11.1 Å². The van der Waals surface area contributed by atoms with Crippen LogP contribution in [0.3, 0.4) is 0 Å². The normalized spacial score (nSPS) is 26.7. The topological polar surface area (TPSA) is 35.6 Å². The molecule has 0 saturated carbocycles. The summed E-state index contributed by atoms with van der Waals surface area (Å²) in [5.41, 5.74) is 6.18. The Balaban J connectivity index is 1.47. The molecule has 1 aliphatic carbocycles. The van der Waals surface area contributed by atoms with Crippen molar-refractivity contribution < 1.29 is 4.79 Å². The number of likely N-dealkylation sites (N-methyl/N-ethyl adjacent to an activating group) is 1. The molecule has 2 aliphatic heterocycles. The van der Waals surface area contributed by atoms with Crippen LogP contribution >= 0.6 is 0 Å². The molecule has 2 saturated heterocycles. The van der Waals surface area contributed by atoms with Crippen LogP contribution in [-0.4, -0.2) is 51.0 Å². The number of hydrogen-bond acceptors (Lipinski definition) is 4. The molecule has 0 radical (unpaired) electrons. The third-order valence-corrected chi connectivity index (χ3v) is 6.32. The van der Waals surface area contributed by atoms with Crippen LogP contribution in [0.25, 0.3) is 11.1 Å². The van der Waals surface area contributed by atoms with Crippen LogP contribution in [0.4, 0.5) is 5.69 Å². The molecule has 3 aliphatic rings. The molecule has 5 rings (SSSR count). The number of benzene rings is 2. The molecule has 0 bridgehead atoms. The summed E-state index contributed by atoms with van der Waals surface area (Å²) in [4.78, 5) is 17.5. The van der Waals surface area contributed by atoms with Crippen molar-refractivity contribution in [1.82, 2.24) is 10.2 Å². The second kappa shape index (κ2) is 5.66. The van der Waals surface area contributed by atoms with Crippen molar-refractivity contribution in [2.24, 2.45) is 5.92 Å². The van der Waals surface area contributed by atoms with Gasteiger partial charge in [0.25, 0.3) is 0 Å². The highest BCUT2D eigenvalue weighted by atomic mass is 16.1. The van der Waals surface area contributed by atoms with Crippen molar-refractivity contribution in [1.29, 1.82) is 0 Å². The number of likely N-dealkylation sites (tertiary alicyclic amines) is 1. The summed E-state index contributed by atoms with van der Waals surface area (Å²) >= 11 is 0. The summed E-state index contributed by atoms with van der Waals surface area (Å²) < 4.78 is 0. The zero-order valence-electron chi connectivity index (χ0n) is 15.6. The van der Waals surface area contributed by atoms with Crippen LogP contribution < -0.4 is 10.2 Å². The average molecular weight is 347 g/mol. The molecule has 0 spiro atoms. The largest absolute Gasteiger partial charge is 0.378 e. The standard InChI is InChI=1S/C22H25N3O/c1-24(2)15-5-7-17-16-6-4-13(8-18(16)22(26)19(17)10-15)20-9-14-11-25(3)12-21(14)23-20/h4-8,10,14,20-21,23H,9,11-12H2,1-3H3. The lowest BCUT2D eigenvalue weighted by molar-refractivity contribution is 0.104. The number of hydrogen-bond donors (Lipinski definition) is 1. The molecule has 0 amide bonds. The van der Waals surface area contributed by atoms with Crippen molar-refractivity contribution in [2.45, 2.75) is 18.5 Å². The van der Waals surface area contributed by atoms with Gasteiger partial charge < -0.3 is 15.1 Å². The number of ketones is 1. The van der Waals surface area contributed by atoms with Gasteiger partial charge in [0.05, 0.1) is 0 Å². The average Bonchev–Trinajstić information content (AvgIpc) is 3.25. The highest BCUT2D eigenvalue weighted by Crippen LogP contribution is 2.41. The highest BCUT2D eigenvalue weighted by Gasteiger charge is 2.40. The van der Waals surface area contributed by atoms with Crippen LogP contribution in [0, 0.1) is 5.92 Å². The zero-order valence-corrected chi connectivity index (χ0v) is 15.6. The third kappa shape index (κ3) is 2.32. The van der Waals surface area contributed by atoms with E-state index in [9.17, 15) is 4.79 Å². The first-order valence-electron chi connectivity index (χ1n) is 9.46. The second-order valence-electron chi connectivity index (χ2n) is 8.30. The van der Waals surface area contributed by atoms with Gasteiger partial charge in [-0.25, -0.2) is 0 Å². The SMILES string of the molecule is CN1CC2CC(c3ccc4c(c3)C(=O)c3cc(N(C)C)ccc3-4)NC2C1. The van der Waals surface area contributed by atoms with Crippen LogP contribution in [0.2, 0.25) is 0 Å². The first-order valence-corrected chi connectivity index (χ1v) is 9.46. The Morgan fingerprint density at radius 3 is 2.46 bits per heavy atom. The summed E-state index contributed by atoms with van der Waals surface area (Å²) in [6.45, 7) is 2.31. The Hall–Kier alpha value is -2.17. The molecule has 4 nitrogen and oxygen atoms in total. The van der Waals surface area contributed by atoms with Crippen molar-refractivity contribution in [2.75, 3.05) is 39.1 Å². The number of anilines is 1. The lowest BCUT2D eigenvalue weighted by Crippen LogP contribution is -2.30. The zero-order chi connectivity index (χ0) is 18.0. The Morgan fingerprint density at radius 1 is 1.00 bits per heavy atom. The van der Waals surface area contributed by atoms with Crippen LogP contribution in [0.1, 0.15) is 33.9 Å². The van der Waals surface area contributed by atoms with Crippen LogP contribution in [0.15, 0.2) is 36.4 Å². The first kappa shape index (κ1) is 16.0. The van der Waals surface area contributed by atoms with E-state index in [1.807, 2.05) is 25.1 Å². The van der Waals surface area contributed by atoms with E-state index >= 15 is 0 Å². The minimum atomic E-state index is 0.165. The lowest BCUT2D eigenvalue weighted by atomic mass is 9.95. The summed E-state index contributed by atoms with van der Waals surface area (Å²) in [7, 11) is 6.21. The Labute approximate surface area is 154 Å². The minimum Gasteiger partial charge on any atom is -0.378 e. The minimum absolute atomic E-state index is 0.165. The van der Waals surface area contributed by atoms with Crippen molar-refractivity contribution in [3.05, 3.63) is 53.1 Å². The van der Waals surface area contributed by atoms with E-state index in [1.165, 1.54) is 18.5 Å². The number of fused-ring (bicyclic) bond motifs is 4. The number of rotatable bonds is 2. The van der Waals surface area contributed by atoms with Gasteiger partial charge in [0.1, 0.15) is 0 Å². The van der Waals surface area contributed by atoms with E-state index < -0.39 is 0 Å². The molecule has 2 aromatic carbocycles. The fourth-order valence-corrected chi connectivity index (χ4v) is 4.96. The second-order valence-corrected chi connectivity index (χ2v) is 8.30. The lowest BCUT2D eigenvalue weighted by Gasteiger charge is -2.17. The van der Waals surface area contributed by atoms with Gasteiger partial charge in [0, 0.05) is 56.1 Å². The number of nitrogens with one attached hydrogen (secondary N) is 1.